The van der Waals surface area contributed by atoms with Crippen LogP contribution in [-0.4, -0.2) is 9.55 Å². The summed E-state index contributed by atoms with van der Waals surface area (Å²) in [5, 5.41) is 1.74. The van der Waals surface area contributed by atoms with Gasteiger partial charge in [0.2, 0.25) is 0 Å². The van der Waals surface area contributed by atoms with Crippen LogP contribution in [0.4, 0.5) is 0 Å². The number of aromatic nitrogens is 2. The molecule has 0 fully saturated rings. The average molecular weight is 252 g/mol. The van der Waals surface area contributed by atoms with Crippen molar-refractivity contribution in [3.63, 3.8) is 0 Å². The second-order valence-electron chi connectivity index (χ2n) is 4.88. The molecule has 2 aromatic heterocycles. The SMILES string of the molecule is CCc1nc2c(cc1C)c(=O)n(C)c1ccccc21. The second-order valence-corrected chi connectivity index (χ2v) is 4.88. The van der Waals surface area contributed by atoms with E-state index < -0.39 is 0 Å². The van der Waals surface area contributed by atoms with E-state index in [0.717, 1.165) is 34.1 Å². The largest absolute Gasteiger partial charge is 0.311 e. The fourth-order valence-corrected chi connectivity index (χ4v) is 2.63. The van der Waals surface area contributed by atoms with Crippen LogP contribution in [-0.2, 0) is 13.5 Å². The first kappa shape index (κ1) is 11.9. The van der Waals surface area contributed by atoms with Crippen LogP contribution in [0.5, 0.6) is 0 Å². The minimum atomic E-state index is 0.0203. The number of para-hydroxylation sites is 1. The van der Waals surface area contributed by atoms with Gasteiger partial charge in [0, 0.05) is 18.1 Å². The summed E-state index contributed by atoms with van der Waals surface area (Å²) < 4.78 is 1.70. The summed E-state index contributed by atoms with van der Waals surface area (Å²) in [6, 6.07) is 9.89. The van der Waals surface area contributed by atoms with E-state index in [1.165, 1.54) is 0 Å². The molecule has 0 atom stereocenters. The first-order chi connectivity index (χ1) is 9.13. The van der Waals surface area contributed by atoms with Crippen molar-refractivity contribution < 1.29 is 0 Å². The molecule has 3 rings (SSSR count). The van der Waals surface area contributed by atoms with Gasteiger partial charge in [-0.15, -0.1) is 0 Å². The third kappa shape index (κ3) is 1.65. The van der Waals surface area contributed by atoms with E-state index in [2.05, 4.69) is 6.92 Å². The molecule has 96 valence electrons. The van der Waals surface area contributed by atoms with Crippen LogP contribution in [0.25, 0.3) is 21.8 Å². The van der Waals surface area contributed by atoms with Crippen LogP contribution in [0.2, 0.25) is 0 Å². The lowest BCUT2D eigenvalue weighted by Gasteiger charge is -2.10. The number of hydrogen-bond acceptors (Lipinski definition) is 2. The van der Waals surface area contributed by atoms with E-state index >= 15 is 0 Å². The van der Waals surface area contributed by atoms with Crippen LogP contribution in [0.15, 0.2) is 35.1 Å². The molecule has 0 aliphatic heterocycles. The second kappa shape index (κ2) is 4.19. The molecule has 0 saturated heterocycles. The predicted octanol–water partition coefficient (Wildman–Crippen LogP) is 2.96. The summed E-state index contributed by atoms with van der Waals surface area (Å²) in [6.45, 7) is 4.10. The van der Waals surface area contributed by atoms with Gasteiger partial charge in [0.25, 0.3) is 5.56 Å². The van der Waals surface area contributed by atoms with E-state index in [-0.39, 0.29) is 5.56 Å². The normalized spacial score (nSPS) is 11.3. The lowest BCUT2D eigenvalue weighted by molar-refractivity contribution is 0.915. The van der Waals surface area contributed by atoms with E-state index in [9.17, 15) is 4.79 Å². The highest BCUT2D eigenvalue weighted by Crippen LogP contribution is 2.22. The summed E-state index contributed by atoms with van der Waals surface area (Å²) in [4.78, 5) is 17.1. The summed E-state index contributed by atoms with van der Waals surface area (Å²) in [7, 11) is 1.81. The maximum absolute atomic E-state index is 12.4. The fraction of sp³-hybridized carbons (Fsp3) is 0.250. The Labute approximate surface area is 111 Å². The maximum atomic E-state index is 12.4. The van der Waals surface area contributed by atoms with E-state index in [0.29, 0.717) is 5.39 Å². The highest BCUT2D eigenvalue weighted by Gasteiger charge is 2.11. The molecule has 0 aliphatic carbocycles. The summed E-state index contributed by atoms with van der Waals surface area (Å²) in [5.41, 5.74) is 3.92. The number of benzene rings is 1. The lowest BCUT2D eigenvalue weighted by Crippen LogP contribution is -2.18. The molecule has 0 spiro atoms. The van der Waals surface area contributed by atoms with E-state index in [1.54, 1.807) is 4.57 Å². The first-order valence-corrected chi connectivity index (χ1v) is 6.51. The van der Waals surface area contributed by atoms with Crippen molar-refractivity contribution in [2.24, 2.45) is 7.05 Å². The molecule has 1 aromatic carbocycles. The molecule has 3 aromatic rings. The highest BCUT2D eigenvalue weighted by molar-refractivity contribution is 6.03. The van der Waals surface area contributed by atoms with Crippen LogP contribution in [0.1, 0.15) is 18.2 Å². The molecule has 0 amide bonds. The van der Waals surface area contributed by atoms with Crippen molar-refractivity contribution in [3.05, 3.63) is 51.9 Å². The molecule has 0 saturated carbocycles. The van der Waals surface area contributed by atoms with Crippen molar-refractivity contribution in [1.82, 2.24) is 9.55 Å². The number of hydrogen-bond donors (Lipinski definition) is 0. The first-order valence-electron chi connectivity index (χ1n) is 6.51. The minimum Gasteiger partial charge on any atom is -0.311 e. The zero-order valence-corrected chi connectivity index (χ0v) is 11.4. The number of fused-ring (bicyclic) bond motifs is 3. The van der Waals surface area contributed by atoms with Gasteiger partial charge < -0.3 is 4.57 Å². The zero-order chi connectivity index (χ0) is 13.6. The number of rotatable bonds is 1. The molecule has 3 heteroatoms. The van der Waals surface area contributed by atoms with Crippen LogP contribution < -0.4 is 5.56 Å². The number of pyridine rings is 2. The van der Waals surface area contributed by atoms with E-state index in [4.69, 9.17) is 4.98 Å². The third-order valence-corrected chi connectivity index (χ3v) is 3.71. The molecule has 0 N–H and O–H groups in total. The van der Waals surface area contributed by atoms with Crippen molar-refractivity contribution in [2.75, 3.05) is 0 Å². The Kier molecular flexibility index (Phi) is 2.63. The number of nitrogens with zero attached hydrogens (tertiary/aromatic N) is 2. The van der Waals surface area contributed by atoms with Crippen LogP contribution in [0, 0.1) is 6.92 Å². The molecule has 19 heavy (non-hydrogen) atoms. The molecule has 0 bridgehead atoms. The molecule has 2 heterocycles. The Balaban J connectivity index is 2.63. The van der Waals surface area contributed by atoms with Gasteiger partial charge in [-0.05, 0) is 31.0 Å². The fourth-order valence-electron chi connectivity index (χ4n) is 2.63. The summed E-state index contributed by atoms with van der Waals surface area (Å²) in [6.07, 6.45) is 0.880. The highest BCUT2D eigenvalue weighted by atomic mass is 16.1. The van der Waals surface area contributed by atoms with Crippen LogP contribution >= 0.6 is 0 Å². The summed E-state index contributed by atoms with van der Waals surface area (Å²) in [5.74, 6) is 0. The summed E-state index contributed by atoms with van der Waals surface area (Å²) >= 11 is 0. The van der Waals surface area contributed by atoms with Crippen molar-refractivity contribution in [1.29, 1.82) is 0 Å². The van der Waals surface area contributed by atoms with Gasteiger partial charge >= 0.3 is 0 Å². The van der Waals surface area contributed by atoms with Crippen molar-refractivity contribution in [2.45, 2.75) is 20.3 Å². The van der Waals surface area contributed by atoms with Crippen molar-refractivity contribution >= 4 is 21.8 Å². The average Bonchev–Trinajstić information content (AvgIpc) is 2.44. The quantitative estimate of drug-likeness (QED) is 0.624. The van der Waals surface area contributed by atoms with Crippen LogP contribution in [0.3, 0.4) is 0 Å². The topological polar surface area (TPSA) is 34.9 Å². The molecule has 0 aliphatic rings. The smallest absolute Gasteiger partial charge is 0.260 e. The van der Waals surface area contributed by atoms with Gasteiger partial charge in [-0.2, -0.15) is 0 Å². The lowest BCUT2D eigenvalue weighted by atomic mass is 10.1. The minimum absolute atomic E-state index is 0.0203. The Morgan fingerprint density at radius 3 is 2.68 bits per heavy atom. The van der Waals surface area contributed by atoms with Gasteiger partial charge in [-0.25, -0.2) is 0 Å². The standard InChI is InChI=1S/C16H16N2O/c1-4-13-10(2)9-12-15(17-13)11-7-5-6-8-14(11)18(3)16(12)19/h5-9H,4H2,1-3H3. The Bertz CT molecular complexity index is 847. The maximum Gasteiger partial charge on any atom is 0.260 e. The monoisotopic (exact) mass is 252 g/mol. The third-order valence-electron chi connectivity index (χ3n) is 3.71. The van der Waals surface area contributed by atoms with Gasteiger partial charge in [-0.3, -0.25) is 9.78 Å². The molecular formula is C16H16N2O. The Morgan fingerprint density at radius 2 is 1.95 bits per heavy atom. The number of aryl methyl sites for hydroxylation is 3. The van der Waals surface area contributed by atoms with Gasteiger partial charge in [-0.1, -0.05) is 25.1 Å². The predicted molar refractivity (Wildman–Crippen MR) is 78.6 cm³/mol. The van der Waals surface area contributed by atoms with Gasteiger partial charge in [0.1, 0.15) is 0 Å². The Hall–Kier alpha value is -2.16. The van der Waals surface area contributed by atoms with Gasteiger partial charge in [0.05, 0.1) is 16.4 Å². The molecular weight excluding hydrogens is 236 g/mol. The Morgan fingerprint density at radius 1 is 1.21 bits per heavy atom. The molecule has 0 radical (unpaired) electrons. The zero-order valence-electron chi connectivity index (χ0n) is 11.4. The van der Waals surface area contributed by atoms with Crippen molar-refractivity contribution in [3.8, 4) is 0 Å². The van der Waals surface area contributed by atoms with E-state index in [1.807, 2.05) is 44.3 Å². The molecule has 3 nitrogen and oxygen atoms in total. The molecule has 0 unspecified atom stereocenters. The van der Waals surface area contributed by atoms with Gasteiger partial charge in [0.15, 0.2) is 0 Å².